The minimum atomic E-state index is -0.793. The van der Waals surface area contributed by atoms with E-state index < -0.39 is 17.5 Å². The summed E-state index contributed by atoms with van der Waals surface area (Å²) in [6, 6.07) is 8.57. The van der Waals surface area contributed by atoms with Crippen LogP contribution in [0.3, 0.4) is 0 Å². The fraction of sp³-hybridized carbons (Fsp3) is 0. The van der Waals surface area contributed by atoms with Crippen molar-refractivity contribution in [2.45, 2.75) is 0 Å². The topological polar surface area (TPSA) is 49.3 Å². The molecular formula is C13H8ClFINO2. The number of halogens is 3. The number of aromatic hydroxyl groups is 1. The van der Waals surface area contributed by atoms with Gasteiger partial charge in [0.05, 0.1) is 5.56 Å². The van der Waals surface area contributed by atoms with E-state index in [0.29, 0.717) is 10.6 Å². The second-order valence-corrected chi connectivity index (χ2v) is 5.34. The molecule has 0 aliphatic rings. The Morgan fingerprint density at radius 1 is 1.26 bits per heavy atom. The van der Waals surface area contributed by atoms with Crippen LogP contribution in [-0.4, -0.2) is 11.0 Å². The number of nitrogens with one attached hydrogen (secondary N) is 1. The summed E-state index contributed by atoms with van der Waals surface area (Å²) in [5.41, 5.74) is 0.664. The fourth-order valence-corrected chi connectivity index (χ4v) is 2.21. The first-order valence-corrected chi connectivity index (χ1v) is 6.68. The molecule has 0 aromatic heterocycles. The Hall–Kier alpha value is -1.34. The summed E-state index contributed by atoms with van der Waals surface area (Å²) in [6.07, 6.45) is 0. The van der Waals surface area contributed by atoms with E-state index in [9.17, 15) is 9.18 Å². The van der Waals surface area contributed by atoms with Gasteiger partial charge in [-0.25, -0.2) is 4.39 Å². The van der Waals surface area contributed by atoms with Crippen LogP contribution in [-0.2, 0) is 0 Å². The molecule has 0 saturated heterocycles. The zero-order chi connectivity index (χ0) is 14.0. The van der Waals surface area contributed by atoms with Gasteiger partial charge in [-0.2, -0.15) is 0 Å². The normalized spacial score (nSPS) is 10.3. The van der Waals surface area contributed by atoms with E-state index in [1.54, 1.807) is 12.1 Å². The van der Waals surface area contributed by atoms with Gasteiger partial charge in [0, 0.05) is 20.3 Å². The Morgan fingerprint density at radius 2 is 2.00 bits per heavy atom. The standard InChI is InChI=1S/C13H8ClFINO2/c14-7-1-3-11(16)9(5-7)13(19)17-8-2-4-12(18)10(15)6-8/h1-6,18H,(H,17,19). The molecular weight excluding hydrogens is 384 g/mol. The van der Waals surface area contributed by atoms with E-state index in [2.05, 4.69) is 5.32 Å². The van der Waals surface area contributed by atoms with Crippen LogP contribution in [0.1, 0.15) is 10.4 Å². The van der Waals surface area contributed by atoms with Crippen molar-refractivity contribution in [1.29, 1.82) is 0 Å². The third-order valence-electron chi connectivity index (χ3n) is 2.38. The Balaban J connectivity index is 2.25. The maximum Gasteiger partial charge on any atom is 0.256 e. The van der Waals surface area contributed by atoms with Gasteiger partial charge in [0.1, 0.15) is 0 Å². The molecule has 2 aromatic rings. The van der Waals surface area contributed by atoms with E-state index in [1.165, 1.54) is 18.2 Å². The van der Waals surface area contributed by atoms with E-state index in [0.717, 1.165) is 9.64 Å². The summed E-state index contributed by atoms with van der Waals surface area (Å²) in [6.45, 7) is 0. The number of benzene rings is 2. The number of carbonyl (C=O) groups is 1. The highest BCUT2D eigenvalue weighted by atomic mass is 127. The van der Waals surface area contributed by atoms with Crippen LogP contribution in [0.2, 0.25) is 5.02 Å². The van der Waals surface area contributed by atoms with Crippen molar-refractivity contribution in [2.75, 3.05) is 5.32 Å². The lowest BCUT2D eigenvalue weighted by Crippen LogP contribution is -2.13. The monoisotopic (exact) mass is 391 g/mol. The zero-order valence-corrected chi connectivity index (χ0v) is 12.4. The largest absolute Gasteiger partial charge is 0.505 e. The van der Waals surface area contributed by atoms with Crippen LogP contribution in [0.5, 0.6) is 5.75 Å². The number of rotatable bonds is 2. The average molecular weight is 392 g/mol. The van der Waals surface area contributed by atoms with Gasteiger partial charge in [-0.05, 0) is 52.9 Å². The SMILES string of the molecule is O=C(Nc1ccc(O)c(F)c1)c1cc(Cl)ccc1I. The van der Waals surface area contributed by atoms with Gasteiger partial charge in [-0.15, -0.1) is 0 Å². The van der Waals surface area contributed by atoms with Crippen molar-refractivity contribution in [3.05, 3.63) is 56.4 Å². The van der Waals surface area contributed by atoms with Crippen molar-refractivity contribution in [2.24, 2.45) is 0 Å². The summed E-state index contributed by atoms with van der Waals surface area (Å²) in [5, 5.41) is 12.1. The Bertz CT molecular complexity index is 649. The van der Waals surface area contributed by atoms with Gasteiger partial charge in [0.25, 0.3) is 5.91 Å². The summed E-state index contributed by atoms with van der Waals surface area (Å²) < 4.78 is 13.9. The first-order chi connectivity index (χ1) is 8.97. The first kappa shape index (κ1) is 14.1. The molecule has 0 heterocycles. The summed E-state index contributed by atoms with van der Waals surface area (Å²) in [4.78, 5) is 12.0. The lowest BCUT2D eigenvalue weighted by Gasteiger charge is -2.08. The number of amides is 1. The van der Waals surface area contributed by atoms with Gasteiger partial charge in [-0.3, -0.25) is 4.79 Å². The number of hydrogen-bond acceptors (Lipinski definition) is 2. The Morgan fingerprint density at radius 3 is 2.68 bits per heavy atom. The predicted molar refractivity (Wildman–Crippen MR) is 80.2 cm³/mol. The molecule has 0 spiro atoms. The van der Waals surface area contributed by atoms with Crippen molar-refractivity contribution in [3.8, 4) is 5.75 Å². The van der Waals surface area contributed by atoms with Gasteiger partial charge >= 0.3 is 0 Å². The second kappa shape index (κ2) is 5.75. The quantitative estimate of drug-likeness (QED) is 0.600. The second-order valence-electron chi connectivity index (χ2n) is 3.74. The molecule has 0 saturated carbocycles. The van der Waals surface area contributed by atoms with E-state index in [4.69, 9.17) is 16.7 Å². The highest BCUT2D eigenvalue weighted by molar-refractivity contribution is 14.1. The van der Waals surface area contributed by atoms with Crippen LogP contribution in [0, 0.1) is 9.39 Å². The van der Waals surface area contributed by atoms with Crippen molar-refractivity contribution in [1.82, 2.24) is 0 Å². The molecule has 19 heavy (non-hydrogen) atoms. The average Bonchev–Trinajstić information content (AvgIpc) is 2.36. The molecule has 2 N–H and O–H groups in total. The number of hydrogen-bond donors (Lipinski definition) is 2. The molecule has 0 bridgehead atoms. The van der Waals surface area contributed by atoms with Crippen LogP contribution in [0.25, 0.3) is 0 Å². The van der Waals surface area contributed by atoms with Gasteiger partial charge in [-0.1, -0.05) is 11.6 Å². The van der Waals surface area contributed by atoms with Gasteiger partial charge in [0.15, 0.2) is 11.6 Å². The molecule has 0 fully saturated rings. The molecule has 0 radical (unpaired) electrons. The molecule has 0 aliphatic heterocycles. The van der Waals surface area contributed by atoms with Crippen molar-refractivity contribution >= 4 is 45.8 Å². The highest BCUT2D eigenvalue weighted by Crippen LogP contribution is 2.22. The molecule has 98 valence electrons. The molecule has 3 nitrogen and oxygen atoms in total. The van der Waals surface area contributed by atoms with Crippen molar-refractivity contribution in [3.63, 3.8) is 0 Å². The van der Waals surface area contributed by atoms with Crippen LogP contribution < -0.4 is 5.32 Å². The van der Waals surface area contributed by atoms with E-state index >= 15 is 0 Å². The Kier molecular flexibility index (Phi) is 4.26. The van der Waals surface area contributed by atoms with E-state index in [1.807, 2.05) is 22.6 Å². The number of phenolic OH excluding ortho intramolecular Hbond substituents is 1. The van der Waals surface area contributed by atoms with Gasteiger partial charge in [0.2, 0.25) is 0 Å². The smallest absolute Gasteiger partial charge is 0.256 e. The number of phenols is 1. The summed E-state index contributed by atoms with van der Waals surface area (Å²) in [7, 11) is 0. The number of carbonyl (C=O) groups excluding carboxylic acids is 1. The maximum absolute atomic E-state index is 13.2. The maximum atomic E-state index is 13.2. The first-order valence-electron chi connectivity index (χ1n) is 5.22. The molecule has 0 atom stereocenters. The van der Waals surface area contributed by atoms with Crippen LogP contribution in [0.4, 0.5) is 10.1 Å². The lowest BCUT2D eigenvalue weighted by atomic mass is 10.2. The third kappa shape index (κ3) is 3.36. The van der Waals surface area contributed by atoms with Crippen LogP contribution in [0.15, 0.2) is 36.4 Å². The molecule has 6 heteroatoms. The zero-order valence-electron chi connectivity index (χ0n) is 9.45. The molecule has 2 rings (SSSR count). The van der Waals surface area contributed by atoms with E-state index in [-0.39, 0.29) is 5.69 Å². The molecule has 2 aromatic carbocycles. The van der Waals surface area contributed by atoms with Crippen molar-refractivity contribution < 1.29 is 14.3 Å². The molecule has 0 unspecified atom stereocenters. The summed E-state index contributed by atoms with van der Waals surface area (Å²) in [5.74, 6) is -1.65. The van der Waals surface area contributed by atoms with Crippen LogP contribution >= 0.6 is 34.2 Å². The number of anilines is 1. The third-order valence-corrected chi connectivity index (χ3v) is 3.55. The molecule has 0 aliphatic carbocycles. The highest BCUT2D eigenvalue weighted by Gasteiger charge is 2.12. The Labute approximate surface area is 127 Å². The predicted octanol–water partition coefficient (Wildman–Crippen LogP) is 4.04. The lowest BCUT2D eigenvalue weighted by molar-refractivity contribution is 0.102. The molecule has 1 amide bonds. The minimum absolute atomic E-state index is 0.260. The fourth-order valence-electron chi connectivity index (χ4n) is 1.45. The summed E-state index contributed by atoms with van der Waals surface area (Å²) >= 11 is 7.85. The van der Waals surface area contributed by atoms with Gasteiger partial charge < -0.3 is 10.4 Å². The minimum Gasteiger partial charge on any atom is -0.505 e.